The number of aliphatic hydroxyl groups is 1. The van der Waals surface area contributed by atoms with Crippen molar-refractivity contribution in [2.75, 3.05) is 32.8 Å². The molecule has 0 rings (SSSR count). The van der Waals surface area contributed by atoms with Gasteiger partial charge in [-0.2, -0.15) is 13.2 Å². The van der Waals surface area contributed by atoms with Crippen molar-refractivity contribution in [3.8, 4) is 0 Å². The Labute approximate surface area is 69.0 Å². The summed E-state index contributed by atoms with van der Waals surface area (Å²) in [4.78, 5) is 1.07. The zero-order valence-electron chi connectivity index (χ0n) is 6.64. The van der Waals surface area contributed by atoms with Gasteiger partial charge in [0.05, 0.1) is 13.2 Å². The standard InChI is InChI=1S/C6H13F3N2O/c7-6(8,9)5-11(2-1-10)3-4-12/h12H,1-5,10H2. The van der Waals surface area contributed by atoms with Crippen LogP contribution < -0.4 is 5.73 Å². The van der Waals surface area contributed by atoms with Crippen molar-refractivity contribution >= 4 is 0 Å². The van der Waals surface area contributed by atoms with Crippen molar-refractivity contribution in [1.29, 1.82) is 0 Å². The topological polar surface area (TPSA) is 49.5 Å². The predicted octanol–water partition coefficient (Wildman–Crippen LogP) is -0.198. The lowest BCUT2D eigenvalue weighted by molar-refractivity contribution is -0.146. The molecule has 0 aromatic heterocycles. The Hall–Kier alpha value is -0.330. The second-order valence-corrected chi connectivity index (χ2v) is 2.40. The van der Waals surface area contributed by atoms with E-state index in [1.54, 1.807) is 0 Å². The molecule has 0 unspecified atom stereocenters. The molecule has 0 spiro atoms. The smallest absolute Gasteiger partial charge is 0.395 e. The summed E-state index contributed by atoms with van der Waals surface area (Å²) in [6.07, 6.45) is -4.22. The Morgan fingerprint density at radius 3 is 2.17 bits per heavy atom. The van der Waals surface area contributed by atoms with E-state index in [1.165, 1.54) is 0 Å². The fourth-order valence-electron chi connectivity index (χ4n) is 0.847. The molecule has 0 saturated heterocycles. The van der Waals surface area contributed by atoms with Crippen LogP contribution in [0.25, 0.3) is 0 Å². The van der Waals surface area contributed by atoms with E-state index >= 15 is 0 Å². The van der Waals surface area contributed by atoms with E-state index in [2.05, 4.69) is 0 Å². The van der Waals surface area contributed by atoms with Gasteiger partial charge in [-0.15, -0.1) is 0 Å². The fraction of sp³-hybridized carbons (Fsp3) is 1.00. The van der Waals surface area contributed by atoms with Crippen LogP contribution in [0.15, 0.2) is 0 Å². The Morgan fingerprint density at radius 1 is 1.25 bits per heavy atom. The van der Waals surface area contributed by atoms with Gasteiger partial charge in [0.15, 0.2) is 0 Å². The first-order valence-corrected chi connectivity index (χ1v) is 3.59. The summed E-state index contributed by atoms with van der Waals surface area (Å²) in [6, 6.07) is 0. The summed E-state index contributed by atoms with van der Waals surface area (Å²) >= 11 is 0. The molecule has 0 aromatic rings. The van der Waals surface area contributed by atoms with Gasteiger partial charge in [-0.05, 0) is 0 Å². The normalized spacial score (nSPS) is 12.5. The second-order valence-electron chi connectivity index (χ2n) is 2.40. The molecule has 0 atom stereocenters. The summed E-state index contributed by atoms with van der Waals surface area (Å²) < 4.78 is 35.4. The molecule has 0 fully saturated rings. The maximum Gasteiger partial charge on any atom is 0.401 e. The first kappa shape index (κ1) is 11.7. The zero-order chi connectivity index (χ0) is 9.61. The molecule has 0 aliphatic carbocycles. The SMILES string of the molecule is NCCN(CCO)CC(F)(F)F. The summed E-state index contributed by atoms with van der Waals surface area (Å²) in [5, 5.41) is 8.41. The minimum absolute atomic E-state index is 0.0106. The van der Waals surface area contributed by atoms with E-state index in [-0.39, 0.29) is 26.2 Å². The third-order valence-corrected chi connectivity index (χ3v) is 1.26. The lowest BCUT2D eigenvalue weighted by Gasteiger charge is -2.21. The Kier molecular flexibility index (Phi) is 5.19. The zero-order valence-corrected chi connectivity index (χ0v) is 6.64. The van der Waals surface area contributed by atoms with Gasteiger partial charge in [-0.1, -0.05) is 0 Å². The van der Waals surface area contributed by atoms with Crippen LogP contribution in [0.3, 0.4) is 0 Å². The third kappa shape index (κ3) is 6.38. The lowest BCUT2D eigenvalue weighted by Crippen LogP contribution is -2.39. The molecule has 3 N–H and O–H groups in total. The number of nitrogens with two attached hydrogens (primary N) is 1. The number of nitrogens with zero attached hydrogens (tertiary/aromatic N) is 1. The summed E-state index contributed by atoms with van der Waals surface area (Å²) in [5.74, 6) is 0. The third-order valence-electron chi connectivity index (χ3n) is 1.26. The van der Waals surface area contributed by atoms with Crippen LogP contribution in [0, 0.1) is 0 Å². The van der Waals surface area contributed by atoms with Crippen molar-refractivity contribution in [1.82, 2.24) is 4.90 Å². The molecule has 6 heteroatoms. The van der Waals surface area contributed by atoms with Gasteiger partial charge in [0, 0.05) is 19.6 Å². The van der Waals surface area contributed by atoms with E-state index in [0.29, 0.717) is 0 Å². The molecule has 0 aliphatic rings. The van der Waals surface area contributed by atoms with Crippen LogP contribution in [0.1, 0.15) is 0 Å². The Morgan fingerprint density at radius 2 is 1.83 bits per heavy atom. The van der Waals surface area contributed by atoms with Crippen LogP contribution in [0.4, 0.5) is 13.2 Å². The number of hydrogen-bond donors (Lipinski definition) is 2. The summed E-state index contributed by atoms with van der Waals surface area (Å²) in [5.41, 5.74) is 5.09. The van der Waals surface area contributed by atoms with Gasteiger partial charge in [-0.25, -0.2) is 0 Å². The molecule has 0 bridgehead atoms. The first-order valence-electron chi connectivity index (χ1n) is 3.59. The lowest BCUT2D eigenvalue weighted by atomic mass is 10.4. The molecule has 0 aliphatic heterocycles. The summed E-state index contributed by atoms with van der Waals surface area (Å²) in [6.45, 7) is -0.965. The maximum atomic E-state index is 11.8. The van der Waals surface area contributed by atoms with E-state index in [9.17, 15) is 13.2 Å². The molecule has 0 aromatic carbocycles. The van der Waals surface area contributed by atoms with Crippen LogP contribution in [0.2, 0.25) is 0 Å². The highest BCUT2D eigenvalue weighted by molar-refractivity contribution is 4.62. The van der Waals surface area contributed by atoms with Crippen LogP contribution >= 0.6 is 0 Å². The minimum atomic E-state index is -4.22. The van der Waals surface area contributed by atoms with Crippen molar-refractivity contribution in [3.63, 3.8) is 0 Å². The van der Waals surface area contributed by atoms with E-state index < -0.39 is 12.7 Å². The average Bonchev–Trinajstić information content (AvgIpc) is 1.84. The second kappa shape index (κ2) is 5.34. The average molecular weight is 186 g/mol. The van der Waals surface area contributed by atoms with Gasteiger partial charge >= 0.3 is 6.18 Å². The number of rotatable bonds is 5. The number of aliphatic hydroxyl groups excluding tert-OH is 1. The van der Waals surface area contributed by atoms with Crippen LogP contribution in [-0.4, -0.2) is 49.0 Å². The summed E-state index contributed by atoms with van der Waals surface area (Å²) in [7, 11) is 0. The van der Waals surface area contributed by atoms with Gasteiger partial charge < -0.3 is 10.8 Å². The Balaban J connectivity index is 3.77. The largest absolute Gasteiger partial charge is 0.401 e. The molecule has 0 amide bonds. The monoisotopic (exact) mass is 186 g/mol. The molecule has 0 saturated carbocycles. The Bertz CT molecular complexity index is 112. The first-order chi connectivity index (χ1) is 5.49. The quantitative estimate of drug-likeness (QED) is 0.625. The van der Waals surface area contributed by atoms with Crippen molar-refractivity contribution in [3.05, 3.63) is 0 Å². The van der Waals surface area contributed by atoms with Crippen molar-refractivity contribution in [2.45, 2.75) is 6.18 Å². The van der Waals surface area contributed by atoms with E-state index in [4.69, 9.17) is 10.8 Å². The van der Waals surface area contributed by atoms with E-state index in [0.717, 1.165) is 4.90 Å². The number of alkyl halides is 3. The molecular weight excluding hydrogens is 173 g/mol. The molecular formula is C6H13F3N2O. The fourth-order valence-corrected chi connectivity index (χ4v) is 0.847. The molecule has 3 nitrogen and oxygen atoms in total. The van der Waals surface area contributed by atoms with Crippen molar-refractivity contribution in [2.24, 2.45) is 5.73 Å². The van der Waals surface area contributed by atoms with Gasteiger partial charge in [0.1, 0.15) is 0 Å². The van der Waals surface area contributed by atoms with Gasteiger partial charge in [-0.3, -0.25) is 4.90 Å². The maximum absolute atomic E-state index is 11.8. The number of hydrogen-bond acceptors (Lipinski definition) is 3. The molecule has 0 heterocycles. The van der Waals surface area contributed by atoms with Gasteiger partial charge in [0.25, 0.3) is 0 Å². The highest BCUT2D eigenvalue weighted by Crippen LogP contribution is 2.15. The molecule has 74 valence electrons. The van der Waals surface area contributed by atoms with Crippen LogP contribution in [0.5, 0.6) is 0 Å². The highest BCUT2D eigenvalue weighted by Gasteiger charge is 2.29. The van der Waals surface area contributed by atoms with Crippen molar-refractivity contribution < 1.29 is 18.3 Å². The minimum Gasteiger partial charge on any atom is -0.395 e. The number of halogens is 3. The molecule has 12 heavy (non-hydrogen) atoms. The highest BCUT2D eigenvalue weighted by atomic mass is 19.4. The predicted molar refractivity (Wildman–Crippen MR) is 38.6 cm³/mol. The van der Waals surface area contributed by atoms with E-state index in [1.807, 2.05) is 0 Å². The molecule has 0 radical (unpaired) electrons. The van der Waals surface area contributed by atoms with Gasteiger partial charge in [0.2, 0.25) is 0 Å². The van der Waals surface area contributed by atoms with Crippen LogP contribution in [-0.2, 0) is 0 Å².